The van der Waals surface area contributed by atoms with Gasteiger partial charge in [0.15, 0.2) is 0 Å². The lowest BCUT2D eigenvalue weighted by molar-refractivity contribution is 0.177. The van der Waals surface area contributed by atoms with Crippen molar-refractivity contribution in [3.8, 4) is 11.1 Å². The van der Waals surface area contributed by atoms with Gasteiger partial charge in [-0.2, -0.15) is 5.10 Å². The average Bonchev–Trinajstić information content (AvgIpc) is 3.39. The average molecular weight is 466 g/mol. The highest BCUT2D eigenvalue weighted by molar-refractivity contribution is 6.33. The molecule has 2 aromatic carbocycles. The minimum Gasteiger partial charge on any atom is -0.364 e. The van der Waals surface area contributed by atoms with E-state index in [1.165, 1.54) is 24.5 Å². The largest absolute Gasteiger partial charge is 0.364 e. The van der Waals surface area contributed by atoms with Crippen LogP contribution in [-0.4, -0.2) is 32.3 Å². The Bertz CT molecular complexity index is 1480. The summed E-state index contributed by atoms with van der Waals surface area (Å²) < 4.78 is 20.0. The van der Waals surface area contributed by atoms with Gasteiger partial charge in [0.25, 0.3) is 5.56 Å². The number of nitrogens with zero attached hydrogens (tertiary/aromatic N) is 3. The standard InChI is InChI=1S/C23H17ClFN5O3/c24-16-9-19(17(25)8-15(16)11-1-2-12-10-33-29-18(12)6-11)26-23(32)30-14-3-4-20(30)22-13(5-14)7-21(31)27-28-22/h1-2,6-10,14,20H,3-5H2,(H,26,32)(H,27,31)/t14-,20+/m0/s1. The molecule has 1 fully saturated rings. The number of halogens is 2. The fourth-order valence-corrected chi connectivity index (χ4v) is 5.16. The van der Waals surface area contributed by atoms with E-state index in [1.807, 2.05) is 6.07 Å². The van der Waals surface area contributed by atoms with Crippen molar-refractivity contribution < 1.29 is 13.7 Å². The van der Waals surface area contributed by atoms with Crippen molar-refractivity contribution >= 4 is 34.2 Å². The zero-order valence-electron chi connectivity index (χ0n) is 17.1. The fraction of sp³-hybridized carbons (Fsp3) is 0.217. The first-order valence-electron chi connectivity index (χ1n) is 10.5. The second kappa shape index (κ2) is 7.41. The lowest BCUT2D eigenvalue weighted by atomic mass is 9.99. The van der Waals surface area contributed by atoms with Crippen molar-refractivity contribution in [2.45, 2.75) is 31.3 Å². The molecule has 4 aromatic rings. The number of nitrogens with one attached hydrogen (secondary N) is 2. The summed E-state index contributed by atoms with van der Waals surface area (Å²) in [4.78, 5) is 26.4. The molecule has 2 atom stereocenters. The van der Waals surface area contributed by atoms with Crippen molar-refractivity contribution in [1.82, 2.24) is 20.3 Å². The number of hydrogen-bond acceptors (Lipinski definition) is 5. The van der Waals surface area contributed by atoms with Gasteiger partial charge in [-0.25, -0.2) is 14.3 Å². The van der Waals surface area contributed by atoms with Gasteiger partial charge in [0.05, 0.1) is 22.4 Å². The van der Waals surface area contributed by atoms with Crippen LogP contribution in [0.5, 0.6) is 0 Å². The lowest BCUT2D eigenvalue weighted by Gasteiger charge is -2.35. The molecule has 2 amide bonds. The lowest BCUT2D eigenvalue weighted by Crippen LogP contribution is -2.45. The number of H-pyrrole nitrogens is 1. The number of aromatic nitrogens is 3. The number of carbonyl (C=O) groups excluding carboxylic acids is 1. The van der Waals surface area contributed by atoms with E-state index >= 15 is 4.39 Å². The van der Waals surface area contributed by atoms with Crippen LogP contribution in [0, 0.1) is 5.82 Å². The van der Waals surface area contributed by atoms with Crippen LogP contribution in [0.1, 0.15) is 30.1 Å². The summed E-state index contributed by atoms with van der Waals surface area (Å²) in [5.74, 6) is -0.602. The minimum atomic E-state index is -0.602. The van der Waals surface area contributed by atoms with E-state index in [0.717, 1.165) is 23.8 Å². The van der Waals surface area contributed by atoms with E-state index in [9.17, 15) is 9.59 Å². The van der Waals surface area contributed by atoms with Gasteiger partial charge in [0.2, 0.25) is 0 Å². The molecule has 0 radical (unpaired) electrons. The van der Waals surface area contributed by atoms with Gasteiger partial charge in [0.1, 0.15) is 17.6 Å². The van der Waals surface area contributed by atoms with Gasteiger partial charge in [-0.3, -0.25) is 4.79 Å². The normalized spacial score (nSPS) is 19.0. The van der Waals surface area contributed by atoms with E-state index < -0.39 is 11.8 Å². The maximum atomic E-state index is 15.0. The highest BCUT2D eigenvalue weighted by atomic mass is 35.5. The van der Waals surface area contributed by atoms with Crippen LogP contribution in [-0.2, 0) is 6.42 Å². The summed E-state index contributed by atoms with van der Waals surface area (Å²) in [7, 11) is 0. The van der Waals surface area contributed by atoms with E-state index in [2.05, 4.69) is 20.7 Å². The highest BCUT2D eigenvalue weighted by Gasteiger charge is 2.44. The van der Waals surface area contributed by atoms with Gasteiger partial charge in [-0.15, -0.1) is 0 Å². The number of urea groups is 1. The molecule has 2 aromatic heterocycles. The maximum absolute atomic E-state index is 15.0. The molecule has 2 aliphatic heterocycles. The Kier molecular flexibility index (Phi) is 4.48. The summed E-state index contributed by atoms with van der Waals surface area (Å²) in [5, 5.41) is 14.3. The van der Waals surface area contributed by atoms with Crippen molar-refractivity contribution in [2.24, 2.45) is 0 Å². The third-order valence-corrected chi connectivity index (χ3v) is 6.71. The number of amides is 2. The summed E-state index contributed by atoms with van der Waals surface area (Å²) in [6, 6.07) is 8.87. The van der Waals surface area contributed by atoms with Crippen molar-refractivity contribution in [2.75, 3.05) is 5.32 Å². The second-order valence-electron chi connectivity index (χ2n) is 8.33. The summed E-state index contributed by atoms with van der Waals surface area (Å²) in [6.07, 6.45) is 3.59. The number of hydrogen-bond donors (Lipinski definition) is 2. The van der Waals surface area contributed by atoms with Crippen LogP contribution in [0.15, 0.2) is 52.0 Å². The molecule has 8 nitrogen and oxygen atoms in total. The van der Waals surface area contributed by atoms with Gasteiger partial charge >= 0.3 is 6.03 Å². The smallest absolute Gasteiger partial charge is 0.322 e. The molecule has 4 heterocycles. The van der Waals surface area contributed by atoms with Crippen LogP contribution in [0.25, 0.3) is 22.0 Å². The molecule has 0 aliphatic carbocycles. The zero-order valence-corrected chi connectivity index (χ0v) is 17.9. The molecule has 0 unspecified atom stereocenters. The van der Waals surface area contributed by atoms with Crippen LogP contribution >= 0.6 is 11.6 Å². The van der Waals surface area contributed by atoms with E-state index in [0.29, 0.717) is 33.8 Å². The monoisotopic (exact) mass is 465 g/mol. The molecule has 1 saturated heterocycles. The molecule has 0 spiro atoms. The van der Waals surface area contributed by atoms with Crippen LogP contribution in [0.3, 0.4) is 0 Å². The summed E-state index contributed by atoms with van der Waals surface area (Å²) in [5.41, 5.74) is 3.09. The number of benzene rings is 2. The van der Waals surface area contributed by atoms with Crippen molar-refractivity contribution in [3.05, 3.63) is 75.1 Å². The third-order valence-electron chi connectivity index (χ3n) is 6.40. The Morgan fingerprint density at radius 2 is 2.12 bits per heavy atom. The predicted molar refractivity (Wildman–Crippen MR) is 120 cm³/mol. The van der Waals surface area contributed by atoms with E-state index in [1.54, 1.807) is 17.0 Å². The third kappa shape index (κ3) is 3.27. The molecule has 2 bridgehead atoms. The number of aromatic amines is 1. The van der Waals surface area contributed by atoms with Gasteiger partial charge in [-0.1, -0.05) is 22.8 Å². The molecule has 0 saturated carbocycles. The van der Waals surface area contributed by atoms with Crippen molar-refractivity contribution in [1.29, 1.82) is 0 Å². The molecule has 33 heavy (non-hydrogen) atoms. The number of fused-ring (bicyclic) bond motifs is 5. The first-order chi connectivity index (χ1) is 16.0. The molecule has 10 heteroatoms. The maximum Gasteiger partial charge on any atom is 0.322 e. The first kappa shape index (κ1) is 19.9. The Morgan fingerprint density at radius 3 is 3.00 bits per heavy atom. The zero-order chi connectivity index (χ0) is 22.7. The summed E-state index contributed by atoms with van der Waals surface area (Å²) >= 11 is 6.46. The Hall–Kier alpha value is -3.72. The Balaban J connectivity index is 1.28. The molecule has 2 aliphatic rings. The highest BCUT2D eigenvalue weighted by Crippen LogP contribution is 2.43. The minimum absolute atomic E-state index is 0.00381. The van der Waals surface area contributed by atoms with Crippen LogP contribution < -0.4 is 10.9 Å². The Morgan fingerprint density at radius 1 is 1.24 bits per heavy atom. The predicted octanol–water partition coefficient (Wildman–Crippen LogP) is 4.66. The van der Waals surface area contributed by atoms with Gasteiger partial charge in [-0.05, 0) is 54.7 Å². The topological polar surface area (TPSA) is 104 Å². The Labute approximate surface area is 191 Å². The quantitative estimate of drug-likeness (QED) is 0.448. The van der Waals surface area contributed by atoms with Gasteiger partial charge in [0, 0.05) is 23.1 Å². The second-order valence-corrected chi connectivity index (χ2v) is 8.74. The number of rotatable bonds is 2. The van der Waals surface area contributed by atoms with E-state index in [-0.39, 0.29) is 23.3 Å². The number of carbonyl (C=O) groups is 1. The van der Waals surface area contributed by atoms with Crippen LogP contribution in [0.2, 0.25) is 5.02 Å². The fourth-order valence-electron chi connectivity index (χ4n) is 4.89. The summed E-state index contributed by atoms with van der Waals surface area (Å²) in [6.45, 7) is 0. The van der Waals surface area contributed by atoms with Crippen LogP contribution in [0.4, 0.5) is 14.9 Å². The van der Waals surface area contributed by atoms with Gasteiger partial charge < -0.3 is 14.7 Å². The molecule has 166 valence electrons. The van der Waals surface area contributed by atoms with Crippen molar-refractivity contribution in [3.63, 3.8) is 0 Å². The SMILES string of the molecule is O=C(Nc1cc(Cl)c(-c2ccc3conc3c2)cc1F)N1[C@H]2CC[C@@H]1c1n[nH]c(=O)cc1C2. The molecule has 6 rings (SSSR count). The molecular weight excluding hydrogens is 449 g/mol. The van der Waals surface area contributed by atoms with E-state index in [4.69, 9.17) is 16.1 Å². The molecular formula is C23H17ClFN5O3. The molecule has 2 N–H and O–H groups in total. The first-order valence-corrected chi connectivity index (χ1v) is 10.9. The number of anilines is 1.